The molecule has 6 heteroatoms. The lowest BCUT2D eigenvalue weighted by molar-refractivity contribution is -0.141. The van der Waals surface area contributed by atoms with Gasteiger partial charge in [-0.2, -0.15) is 18.2 Å². The van der Waals surface area contributed by atoms with Gasteiger partial charge < -0.3 is 4.74 Å². The molecule has 0 radical (unpaired) electrons. The molecule has 1 aromatic rings. The molecule has 1 fully saturated rings. The van der Waals surface area contributed by atoms with Gasteiger partial charge in [-0.1, -0.05) is 34.1 Å². The summed E-state index contributed by atoms with van der Waals surface area (Å²) in [5.41, 5.74) is -0.677. The Hall–Kier alpha value is -1.33. The van der Waals surface area contributed by atoms with E-state index in [-0.39, 0.29) is 17.8 Å². The van der Waals surface area contributed by atoms with Gasteiger partial charge in [-0.15, -0.1) is 0 Å². The lowest BCUT2D eigenvalue weighted by Crippen LogP contribution is -2.22. The summed E-state index contributed by atoms with van der Waals surface area (Å²) in [6.45, 7) is 9.50. The molecule has 1 aliphatic carbocycles. The summed E-state index contributed by atoms with van der Waals surface area (Å²) < 4.78 is 43.2. The number of alkyl halides is 3. The van der Waals surface area contributed by atoms with Crippen molar-refractivity contribution in [3.63, 3.8) is 0 Å². The Balaban J connectivity index is 0.00000102. The molecule has 0 bridgehead atoms. The van der Waals surface area contributed by atoms with Crippen LogP contribution in [0.5, 0.6) is 6.01 Å². The van der Waals surface area contributed by atoms with Gasteiger partial charge in [0.2, 0.25) is 0 Å². The average Bonchev–Trinajstić information content (AvgIpc) is 2.51. The molecule has 0 spiro atoms. The van der Waals surface area contributed by atoms with E-state index >= 15 is 0 Å². The van der Waals surface area contributed by atoms with E-state index in [9.17, 15) is 13.2 Å². The van der Waals surface area contributed by atoms with Crippen LogP contribution in [-0.4, -0.2) is 16.1 Å². The van der Waals surface area contributed by atoms with Crippen LogP contribution in [0.3, 0.4) is 0 Å². The minimum absolute atomic E-state index is 0.0540. The Labute approximate surface area is 131 Å². The lowest BCUT2D eigenvalue weighted by atomic mass is 9.98. The van der Waals surface area contributed by atoms with Crippen molar-refractivity contribution in [2.24, 2.45) is 0 Å². The number of hydrogen-bond acceptors (Lipinski definition) is 3. The average molecular weight is 320 g/mol. The molecule has 0 aromatic carbocycles. The first kappa shape index (κ1) is 20.7. The second-order valence-corrected chi connectivity index (χ2v) is 4.55. The summed E-state index contributed by atoms with van der Waals surface area (Å²) in [6, 6.07) is 0.766. The van der Waals surface area contributed by atoms with Crippen molar-refractivity contribution in [3.8, 4) is 6.01 Å². The second-order valence-electron chi connectivity index (χ2n) is 4.55. The van der Waals surface area contributed by atoms with Gasteiger partial charge in [-0.3, -0.25) is 0 Å². The second kappa shape index (κ2) is 10.4. The van der Waals surface area contributed by atoms with E-state index in [0.717, 1.165) is 38.2 Å². The summed E-state index contributed by atoms with van der Waals surface area (Å²) in [7, 11) is 0. The quantitative estimate of drug-likeness (QED) is 0.714. The van der Waals surface area contributed by atoms with E-state index < -0.39 is 11.9 Å². The number of rotatable bonds is 2. The van der Waals surface area contributed by atoms with E-state index in [1.165, 1.54) is 6.92 Å². The van der Waals surface area contributed by atoms with Gasteiger partial charge in [-0.05, 0) is 38.7 Å². The number of ether oxygens (including phenoxy) is 1. The molecule has 128 valence electrons. The van der Waals surface area contributed by atoms with Crippen LogP contribution in [0.15, 0.2) is 6.07 Å². The number of aryl methyl sites for hydroxylation is 1. The van der Waals surface area contributed by atoms with Crippen molar-refractivity contribution in [2.45, 2.75) is 79.0 Å². The van der Waals surface area contributed by atoms with Crippen molar-refractivity contribution in [1.82, 2.24) is 9.97 Å². The highest BCUT2D eigenvalue weighted by molar-refractivity contribution is 5.15. The topological polar surface area (TPSA) is 35.0 Å². The molecular weight excluding hydrogens is 293 g/mol. The fourth-order valence-electron chi connectivity index (χ4n) is 2.07. The zero-order chi connectivity index (χ0) is 17.2. The predicted molar refractivity (Wildman–Crippen MR) is 82.0 cm³/mol. The molecule has 22 heavy (non-hydrogen) atoms. The maximum absolute atomic E-state index is 12.6. The molecule has 0 amide bonds. The minimum atomic E-state index is -4.46. The predicted octanol–water partition coefficient (Wildman–Crippen LogP) is 5.57. The zero-order valence-corrected chi connectivity index (χ0v) is 14.1. The Morgan fingerprint density at radius 2 is 1.55 bits per heavy atom. The molecule has 3 nitrogen and oxygen atoms in total. The first-order valence-electron chi connectivity index (χ1n) is 8.05. The standard InChI is InChI=1S/C12H15F3N2O.2C2H6/c1-8-7-10(12(13,14)15)17-11(16-8)18-9-5-3-2-4-6-9;2*1-2/h7,9H,2-6H2,1H3;2*1-2H3. The summed E-state index contributed by atoms with van der Waals surface area (Å²) >= 11 is 0. The number of aromatic nitrogens is 2. The van der Waals surface area contributed by atoms with Gasteiger partial charge in [0.05, 0.1) is 0 Å². The molecule has 0 saturated heterocycles. The third-order valence-electron chi connectivity index (χ3n) is 2.95. The van der Waals surface area contributed by atoms with Crippen molar-refractivity contribution in [2.75, 3.05) is 0 Å². The van der Waals surface area contributed by atoms with Gasteiger partial charge in [0, 0.05) is 5.69 Å². The fourth-order valence-corrected chi connectivity index (χ4v) is 2.07. The third kappa shape index (κ3) is 7.09. The van der Waals surface area contributed by atoms with E-state index in [1.54, 1.807) is 0 Å². The first-order valence-corrected chi connectivity index (χ1v) is 8.05. The van der Waals surface area contributed by atoms with Crippen LogP contribution in [0.1, 0.15) is 71.2 Å². The van der Waals surface area contributed by atoms with Crippen LogP contribution >= 0.6 is 0 Å². The molecule has 0 N–H and O–H groups in total. The van der Waals surface area contributed by atoms with E-state index in [2.05, 4.69) is 9.97 Å². The van der Waals surface area contributed by atoms with E-state index in [4.69, 9.17) is 4.74 Å². The lowest BCUT2D eigenvalue weighted by Gasteiger charge is -2.22. The Kier molecular flexibility index (Phi) is 9.78. The van der Waals surface area contributed by atoms with Crippen LogP contribution in [0, 0.1) is 6.92 Å². The molecular formula is C16H27F3N2O. The highest BCUT2D eigenvalue weighted by atomic mass is 19.4. The Morgan fingerprint density at radius 1 is 1.00 bits per heavy atom. The maximum atomic E-state index is 12.6. The van der Waals surface area contributed by atoms with Crippen LogP contribution in [0.4, 0.5) is 13.2 Å². The molecule has 1 saturated carbocycles. The molecule has 2 rings (SSSR count). The number of hydrogen-bond donors (Lipinski definition) is 0. The summed E-state index contributed by atoms with van der Waals surface area (Å²) in [5.74, 6) is 0. The van der Waals surface area contributed by atoms with Crippen molar-refractivity contribution in [3.05, 3.63) is 17.5 Å². The molecule has 1 aromatic heterocycles. The summed E-state index contributed by atoms with van der Waals surface area (Å²) in [4.78, 5) is 7.35. The normalized spacial score (nSPS) is 15.1. The summed E-state index contributed by atoms with van der Waals surface area (Å²) in [6.07, 6.45) is 0.449. The highest BCUT2D eigenvalue weighted by Crippen LogP contribution is 2.29. The molecule has 1 heterocycles. The van der Waals surface area contributed by atoms with Crippen molar-refractivity contribution < 1.29 is 17.9 Å². The molecule has 0 aliphatic heterocycles. The third-order valence-corrected chi connectivity index (χ3v) is 2.95. The van der Waals surface area contributed by atoms with Gasteiger partial charge >= 0.3 is 12.2 Å². The van der Waals surface area contributed by atoms with Gasteiger partial charge in [0.1, 0.15) is 6.10 Å². The van der Waals surface area contributed by atoms with Crippen LogP contribution < -0.4 is 4.74 Å². The van der Waals surface area contributed by atoms with Gasteiger partial charge in [0.25, 0.3) is 0 Å². The van der Waals surface area contributed by atoms with E-state index in [0.29, 0.717) is 0 Å². The fraction of sp³-hybridized carbons (Fsp3) is 0.750. The van der Waals surface area contributed by atoms with Crippen molar-refractivity contribution in [1.29, 1.82) is 0 Å². The maximum Gasteiger partial charge on any atom is 0.433 e. The van der Waals surface area contributed by atoms with Crippen LogP contribution in [0.2, 0.25) is 0 Å². The van der Waals surface area contributed by atoms with Crippen LogP contribution in [0.25, 0.3) is 0 Å². The Morgan fingerprint density at radius 3 is 2.05 bits per heavy atom. The summed E-state index contributed by atoms with van der Waals surface area (Å²) in [5, 5.41) is 0. The highest BCUT2D eigenvalue weighted by Gasteiger charge is 2.33. The molecule has 1 aliphatic rings. The van der Waals surface area contributed by atoms with E-state index in [1.807, 2.05) is 27.7 Å². The monoisotopic (exact) mass is 320 g/mol. The minimum Gasteiger partial charge on any atom is -0.460 e. The molecule has 0 atom stereocenters. The number of halogens is 3. The van der Waals surface area contributed by atoms with Gasteiger partial charge in [-0.25, -0.2) is 4.98 Å². The SMILES string of the molecule is CC.CC.Cc1cc(C(F)(F)F)nc(OC2CCCCC2)n1. The largest absolute Gasteiger partial charge is 0.460 e. The van der Waals surface area contributed by atoms with Crippen LogP contribution in [-0.2, 0) is 6.18 Å². The molecule has 0 unspecified atom stereocenters. The first-order chi connectivity index (χ1) is 10.4. The van der Waals surface area contributed by atoms with Crippen molar-refractivity contribution >= 4 is 0 Å². The Bertz CT molecular complexity index is 416. The zero-order valence-electron chi connectivity index (χ0n) is 14.1. The smallest absolute Gasteiger partial charge is 0.433 e. The number of nitrogens with zero attached hydrogens (tertiary/aromatic N) is 2. The van der Waals surface area contributed by atoms with Gasteiger partial charge in [0.15, 0.2) is 5.69 Å².